The number of benzene rings is 2. The second kappa shape index (κ2) is 7.44. The first kappa shape index (κ1) is 17.7. The fourth-order valence-corrected chi connectivity index (χ4v) is 4.86. The molecular weight excluding hydrogens is 365 g/mol. The van der Waals surface area contributed by atoms with Crippen molar-refractivity contribution in [3.8, 4) is 0 Å². The Morgan fingerprint density at radius 3 is 2.08 bits per heavy atom. The molecule has 1 aliphatic heterocycles. The summed E-state index contributed by atoms with van der Waals surface area (Å²) < 4.78 is 27.5. The molecule has 0 N–H and O–H groups in total. The smallest absolute Gasteiger partial charge is 0.207 e. The first-order chi connectivity index (χ1) is 11.5. The highest BCUT2D eigenvalue weighted by atomic mass is 35.5. The van der Waals surface area contributed by atoms with Gasteiger partial charge in [-0.05, 0) is 60.7 Å². The SMILES string of the molecule is O=S(=O)(c1ccc(Cl)cc1)N1CCCCC(c2ccc(Cl)cc2)C1. The Hall–Kier alpha value is -1.07. The van der Waals surface area contributed by atoms with Gasteiger partial charge in [-0.3, -0.25) is 0 Å². The largest absolute Gasteiger partial charge is 0.243 e. The highest BCUT2D eigenvalue weighted by Crippen LogP contribution is 2.30. The van der Waals surface area contributed by atoms with Crippen molar-refractivity contribution in [1.82, 2.24) is 4.31 Å². The van der Waals surface area contributed by atoms with E-state index in [9.17, 15) is 8.42 Å². The molecule has 3 nitrogen and oxygen atoms in total. The van der Waals surface area contributed by atoms with Crippen LogP contribution in [0, 0.1) is 0 Å². The van der Waals surface area contributed by atoms with E-state index >= 15 is 0 Å². The summed E-state index contributed by atoms with van der Waals surface area (Å²) in [7, 11) is -3.50. The molecule has 3 rings (SSSR count). The van der Waals surface area contributed by atoms with Crippen molar-refractivity contribution >= 4 is 33.2 Å². The molecule has 1 unspecified atom stereocenters. The minimum atomic E-state index is -3.50. The van der Waals surface area contributed by atoms with Crippen LogP contribution in [-0.2, 0) is 10.0 Å². The van der Waals surface area contributed by atoms with Gasteiger partial charge in [0.15, 0.2) is 0 Å². The maximum Gasteiger partial charge on any atom is 0.243 e. The topological polar surface area (TPSA) is 37.4 Å². The van der Waals surface area contributed by atoms with E-state index in [-0.39, 0.29) is 5.92 Å². The summed E-state index contributed by atoms with van der Waals surface area (Å²) in [4.78, 5) is 0.295. The van der Waals surface area contributed by atoms with Crippen molar-refractivity contribution in [2.24, 2.45) is 0 Å². The minimum Gasteiger partial charge on any atom is -0.207 e. The van der Waals surface area contributed by atoms with E-state index in [1.54, 1.807) is 28.6 Å². The molecule has 1 heterocycles. The van der Waals surface area contributed by atoms with Crippen LogP contribution in [0.1, 0.15) is 30.7 Å². The average molecular weight is 384 g/mol. The predicted molar refractivity (Wildman–Crippen MR) is 98.3 cm³/mol. The Kier molecular flexibility index (Phi) is 5.50. The van der Waals surface area contributed by atoms with Gasteiger partial charge in [-0.25, -0.2) is 8.42 Å². The van der Waals surface area contributed by atoms with E-state index < -0.39 is 10.0 Å². The lowest BCUT2D eigenvalue weighted by Crippen LogP contribution is -2.34. The van der Waals surface area contributed by atoms with Crippen LogP contribution in [0.2, 0.25) is 10.0 Å². The van der Waals surface area contributed by atoms with Crippen molar-refractivity contribution in [2.75, 3.05) is 13.1 Å². The maximum absolute atomic E-state index is 12.9. The number of hydrogen-bond donors (Lipinski definition) is 0. The lowest BCUT2D eigenvalue weighted by Gasteiger charge is -2.24. The Morgan fingerprint density at radius 2 is 1.46 bits per heavy atom. The maximum atomic E-state index is 12.9. The minimum absolute atomic E-state index is 0.187. The number of nitrogens with zero attached hydrogens (tertiary/aromatic N) is 1. The van der Waals surface area contributed by atoms with Crippen LogP contribution >= 0.6 is 23.2 Å². The molecule has 2 aromatic rings. The van der Waals surface area contributed by atoms with Gasteiger partial charge < -0.3 is 0 Å². The third-order valence-corrected chi connectivity index (χ3v) is 6.81. The zero-order chi connectivity index (χ0) is 17.2. The molecule has 0 amide bonds. The third-order valence-electron chi connectivity index (χ3n) is 4.43. The molecule has 1 aliphatic rings. The van der Waals surface area contributed by atoms with Gasteiger partial charge in [0, 0.05) is 23.1 Å². The van der Waals surface area contributed by atoms with Gasteiger partial charge in [0.2, 0.25) is 10.0 Å². The summed E-state index contributed by atoms with van der Waals surface area (Å²) >= 11 is 11.8. The molecule has 24 heavy (non-hydrogen) atoms. The van der Waals surface area contributed by atoms with E-state index in [0.717, 1.165) is 24.8 Å². The summed E-state index contributed by atoms with van der Waals surface area (Å²) in [5.41, 5.74) is 1.14. The molecule has 1 fully saturated rings. The van der Waals surface area contributed by atoms with Gasteiger partial charge in [-0.15, -0.1) is 0 Å². The third kappa shape index (κ3) is 3.94. The monoisotopic (exact) mass is 383 g/mol. The molecule has 6 heteroatoms. The fourth-order valence-electron chi connectivity index (χ4n) is 3.09. The van der Waals surface area contributed by atoms with E-state index in [1.165, 1.54) is 0 Å². The van der Waals surface area contributed by atoms with Crippen LogP contribution in [0.4, 0.5) is 0 Å². The molecule has 2 aromatic carbocycles. The fraction of sp³-hybridized carbons (Fsp3) is 0.333. The second-order valence-corrected chi connectivity index (χ2v) is 8.87. The molecule has 128 valence electrons. The molecule has 1 atom stereocenters. The van der Waals surface area contributed by atoms with E-state index in [1.807, 2.05) is 24.3 Å². The lowest BCUT2D eigenvalue weighted by atomic mass is 9.95. The first-order valence-corrected chi connectivity index (χ1v) is 10.2. The van der Waals surface area contributed by atoms with Crippen molar-refractivity contribution in [2.45, 2.75) is 30.1 Å². The lowest BCUT2D eigenvalue weighted by molar-refractivity contribution is 0.406. The van der Waals surface area contributed by atoms with Gasteiger partial charge in [0.05, 0.1) is 4.90 Å². The summed E-state index contributed by atoms with van der Waals surface area (Å²) in [5.74, 6) is 0.187. The van der Waals surface area contributed by atoms with Crippen LogP contribution in [0.25, 0.3) is 0 Å². The van der Waals surface area contributed by atoms with Crippen molar-refractivity contribution < 1.29 is 8.42 Å². The average Bonchev–Trinajstić information content (AvgIpc) is 2.83. The van der Waals surface area contributed by atoms with Gasteiger partial charge >= 0.3 is 0 Å². The Labute approximate surface area is 153 Å². The summed E-state index contributed by atoms with van der Waals surface area (Å²) in [6.07, 6.45) is 2.87. The van der Waals surface area contributed by atoms with Crippen molar-refractivity contribution in [1.29, 1.82) is 0 Å². The molecule has 0 aliphatic carbocycles. The standard InChI is InChI=1S/C18H19Cl2NO2S/c19-16-6-4-14(5-7-16)15-3-1-2-12-21(13-15)24(22,23)18-10-8-17(20)9-11-18/h4-11,15H,1-3,12-13H2. The quantitative estimate of drug-likeness (QED) is 0.751. The number of rotatable bonds is 3. The summed E-state index contributed by atoms with van der Waals surface area (Å²) in [6, 6.07) is 14.1. The van der Waals surface area contributed by atoms with Crippen LogP contribution in [0.5, 0.6) is 0 Å². The van der Waals surface area contributed by atoms with Crippen LogP contribution in [0.15, 0.2) is 53.4 Å². The normalized spacial score (nSPS) is 19.8. The highest BCUT2D eigenvalue weighted by Gasteiger charge is 2.29. The Bertz CT molecular complexity index is 789. The number of sulfonamides is 1. The van der Waals surface area contributed by atoms with Crippen LogP contribution in [0.3, 0.4) is 0 Å². The van der Waals surface area contributed by atoms with Gasteiger partial charge in [0.1, 0.15) is 0 Å². The van der Waals surface area contributed by atoms with Gasteiger partial charge in [-0.1, -0.05) is 41.8 Å². The molecule has 0 spiro atoms. The molecule has 0 bridgehead atoms. The van der Waals surface area contributed by atoms with Gasteiger partial charge in [0.25, 0.3) is 0 Å². The Balaban J connectivity index is 1.86. The highest BCUT2D eigenvalue weighted by molar-refractivity contribution is 7.89. The first-order valence-electron chi connectivity index (χ1n) is 7.98. The van der Waals surface area contributed by atoms with Crippen molar-refractivity contribution in [3.63, 3.8) is 0 Å². The summed E-state index contributed by atoms with van der Waals surface area (Å²) in [5, 5.41) is 1.22. The molecule has 0 saturated carbocycles. The molecule has 0 radical (unpaired) electrons. The zero-order valence-corrected chi connectivity index (χ0v) is 15.5. The van der Waals surface area contributed by atoms with Crippen LogP contribution < -0.4 is 0 Å². The van der Waals surface area contributed by atoms with Gasteiger partial charge in [-0.2, -0.15) is 4.31 Å². The second-order valence-electron chi connectivity index (χ2n) is 6.06. The number of hydrogen-bond acceptors (Lipinski definition) is 2. The van der Waals surface area contributed by atoms with Crippen molar-refractivity contribution in [3.05, 3.63) is 64.1 Å². The summed E-state index contributed by atoms with van der Waals surface area (Å²) in [6.45, 7) is 1.04. The van der Waals surface area contributed by atoms with Crippen LogP contribution in [-0.4, -0.2) is 25.8 Å². The molecule has 0 aromatic heterocycles. The molecular formula is C18H19Cl2NO2S. The Morgan fingerprint density at radius 1 is 0.875 bits per heavy atom. The van der Waals surface area contributed by atoms with E-state index in [0.29, 0.717) is 28.0 Å². The molecule has 1 saturated heterocycles. The van der Waals surface area contributed by atoms with E-state index in [4.69, 9.17) is 23.2 Å². The zero-order valence-electron chi connectivity index (χ0n) is 13.2. The van der Waals surface area contributed by atoms with E-state index in [2.05, 4.69) is 0 Å². The predicted octanol–water partition coefficient (Wildman–Crippen LogP) is 4.95. The number of halogens is 2.